The maximum absolute atomic E-state index is 11.2. The zero-order chi connectivity index (χ0) is 13.6. The molecule has 2 atom stereocenters. The van der Waals surface area contributed by atoms with Crippen molar-refractivity contribution < 1.29 is 37.9 Å². The molecule has 0 aromatic rings. The summed E-state index contributed by atoms with van der Waals surface area (Å²) in [6.07, 6.45) is -0.600. The third-order valence-corrected chi connectivity index (χ3v) is 2.21. The van der Waals surface area contributed by atoms with Crippen LogP contribution in [0.15, 0.2) is 25.0 Å². The Bertz CT molecular complexity index is 387. The molecule has 0 heterocycles. The first-order chi connectivity index (χ1) is 7.68. The van der Waals surface area contributed by atoms with Crippen LogP contribution in [0.5, 0.6) is 0 Å². The van der Waals surface area contributed by atoms with Crippen LogP contribution in [0.1, 0.15) is 6.92 Å². The second-order valence-electron chi connectivity index (χ2n) is 2.60. The van der Waals surface area contributed by atoms with Crippen LogP contribution in [0, 0.1) is 0 Å². The third-order valence-electron chi connectivity index (χ3n) is 1.19. The van der Waals surface area contributed by atoms with E-state index in [1.54, 1.807) is 0 Å². The van der Waals surface area contributed by atoms with Gasteiger partial charge in [-0.3, -0.25) is 4.89 Å². The Morgan fingerprint density at radius 3 is 2.41 bits per heavy atom. The second-order valence-corrected chi connectivity index (χ2v) is 3.93. The van der Waals surface area contributed by atoms with E-state index < -0.39 is 31.8 Å². The van der Waals surface area contributed by atoms with Crippen LogP contribution >= 0.6 is 7.82 Å². The predicted molar refractivity (Wildman–Crippen MR) is 54.5 cm³/mol. The molecule has 0 radical (unpaired) electrons. The minimum atomic E-state index is -4.72. The summed E-state index contributed by atoms with van der Waals surface area (Å²) in [7, 11) is -4.72. The lowest BCUT2D eigenvalue weighted by atomic mass is 10.6. The number of hydrogen-bond acceptors (Lipinski definition) is 6. The molecule has 8 nitrogen and oxygen atoms in total. The van der Waals surface area contributed by atoms with Gasteiger partial charge < -0.3 is 14.4 Å². The maximum atomic E-state index is 11.2. The normalized spacial score (nSPS) is 15.2. The number of phosphoric ester groups is 1. The first-order valence-electron chi connectivity index (χ1n) is 4.14. The number of carboxylic acid groups (broad SMARTS) is 1. The van der Waals surface area contributed by atoms with Gasteiger partial charge in [-0.2, -0.15) is 0 Å². The fraction of sp³-hybridized carbons (Fsp3) is 0.250. The van der Waals surface area contributed by atoms with Gasteiger partial charge in [0.1, 0.15) is 0 Å². The first-order valence-corrected chi connectivity index (χ1v) is 5.63. The molecule has 0 aliphatic rings. The molecule has 0 aromatic carbocycles. The van der Waals surface area contributed by atoms with Gasteiger partial charge in [0.25, 0.3) is 0 Å². The van der Waals surface area contributed by atoms with Crippen molar-refractivity contribution in [3.05, 3.63) is 25.0 Å². The largest absolute Gasteiger partial charge is 0.530 e. The number of rotatable bonds is 7. The molecule has 0 rings (SSSR count). The van der Waals surface area contributed by atoms with Gasteiger partial charge in [-0.05, 0) is 13.5 Å². The highest BCUT2D eigenvalue weighted by molar-refractivity contribution is 7.47. The molecular formula is C8H11O8P. The number of carbonyl (C=O) groups is 2. The molecule has 0 fully saturated rings. The van der Waals surface area contributed by atoms with Crippen molar-refractivity contribution in [2.75, 3.05) is 0 Å². The summed E-state index contributed by atoms with van der Waals surface area (Å²) in [4.78, 5) is 30.0. The topological polar surface area (TPSA) is 119 Å². The Hall–Kier alpha value is -1.63. The van der Waals surface area contributed by atoms with E-state index in [1.165, 1.54) is 0 Å². The summed E-state index contributed by atoms with van der Waals surface area (Å²) in [6.45, 7) is 7.10. The maximum Gasteiger partial charge on any atom is 0.530 e. The van der Waals surface area contributed by atoms with Crippen LogP contribution in [0.3, 0.4) is 0 Å². The fourth-order valence-corrected chi connectivity index (χ4v) is 1.44. The van der Waals surface area contributed by atoms with Crippen molar-refractivity contribution in [1.82, 2.24) is 0 Å². The molecule has 9 heteroatoms. The number of esters is 1. The Kier molecular flexibility index (Phi) is 5.60. The Balaban J connectivity index is 4.39. The van der Waals surface area contributed by atoms with Crippen LogP contribution < -0.4 is 0 Å². The van der Waals surface area contributed by atoms with Crippen molar-refractivity contribution >= 4 is 19.8 Å². The van der Waals surface area contributed by atoms with Crippen molar-refractivity contribution in [1.29, 1.82) is 0 Å². The van der Waals surface area contributed by atoms with Gasteiger partial charge >= 0.3 is 19.8 Å². The molecule has 0 saturated carbocycles. The molecule has 0 aliphatic carbocycles. The zero-order valence-electron chi connectivity index (χ0n) is 8.86. The lowest BCUT2D eigenvalue weighted by Gasteiger charge is -2.17. The smallest absolute Gasteiger partial charge is 0.475 e. The van der Waals surface area contributed by atoms with Crippen LogP contribution in [-0.2, 0) is 27.9 Å². The molecule has 0 aliphatic heterocycles. The summed E-state index contributed by atoms with van der Waals surface area (Å²) >= 11 is 0. The molecule has 2 unspecified atom stereocenters. The molecule has 0 saturated heterocycles. The van der Waals surface area contributed by atoms with Crippen molar-refractivity contribution in [2.24, 2.45) is 0 Å². The van der Waals surface area contributed by atoms with Crippen LogP contribution in [0.2, 0.25) is 0 Å². The highest BCUT2D eigenvalue weighted by atomic mass is 31.2. The lowest BCUT2D eigenvalue weighted by molar-refractivity contribution is -0.157. The summed E-state index contributed by atoms with van der Waals surface area (Å²) in [6, 6.07) is 0. The van der Waals surface area contributed by atoms with Gasteiger partial charge in [-0.15, -0.1) is 0 Å². The van der Waals surface area contributed by atoms with Gasteiger partial charge in [-0.25, -0.2) is 18.7 Å². The van der Waals surface area contributed by atoms with Gasteiger partial charge in [0.2, 0.25) is 12.0 Å². The van der Waals surface area contributed by atoms with Gasteiger partial charge in [0.15, 0.2) is 0 Å². The van der Waals surface area contributed by atoms with E-state index in [4.69, 9.17) is 10.00 Å². The quantitative estimate of drug-likeness (QED) is 0.228. The predicted octanol–water partition coefficient (Wildman–Crippen LogP) is 0.793. The minimum absolute atomic E-state index is 0.819. The van der Waals surface area contributed by atoms with Crippen molar-refractivity contribution in [3.63, 3.8) is 0 Å². The summed E-state index contributed by atoms with van der Waals surface area (Å²) in [5.41, 5.74) is 0. The molecule has 0 bridgehead atoms. The summed E-state index contributed by atoms with van der Waals surface area (Å²) in [5.74, 6) is -3.48. The average molecular weight is 266 g/mol. The molecular weight excluding hydrogens is 255 g/mol. The number of ether oxygens (including phenoxy) is 1. The SMILES string of the molecule is C=CC(=O)OC(C)OP(=O)(O)OC(=C)C(=O)O. The molecule has 0 spiro atoms. The molecule has 2 N–H and O–H groups in total. The van der Waals surface area contributed by atoms with Crippen LogP contribution in [-0.4, -0.2) is 28.2 Å². The molecule has 0 aromatic heterocycles. The van der Waals surface area contributed by atoms with E-state index in [2.05, 4.69) is 26.9 Å². The number of aliphatic carboxylic acids is 1. The van der Waals surface area contributed by atoms with E-state index in [-0.39, 0.29) is 0 Å². The number of carboxylic acids is 1. The van der Waals surface area contributed by atoms with E-state index in [0.717, 1.165) is 13.0 Å². The van der Waals surface area contributed by atoms with E-state index in [9.17, 15) is 14.2 Å². The number of phosphoric acid groups is 1. The standard InChI is InChI=1S/C8H11O8P/c1-4-7(9)14-6(3)16-17(12,13)15-5(2)8(10)11/h4,6H,1-2H2,3H3,(H,10,11)(H,12,13). The molecule has 96 valence electrons. The number of hydrogen-bond donors (Lipinski definition) is 2. The third kappa shape index (κ3) is 6.52. The Morgan fingerprint density at radius 1 is 1.47 bits per heavy atom. The van der Waals surface area contributed by atoms with Gasteiger partial charge in [-0.1, -0.05) is 6.58 Å². The lowest BCUT2D eigenvalue weighted by Crippen LogP contribution is -2.16. The van der Waals surface area contributed by atoms with Gasteiger partial charge in [0.05, 0.1) is 0 Å². The highest BCUT2D eigenvalue weighted by Crippen LogP contribution is 2.46. The monoisotopic (exact) mass is 266 g/mol. The molecule has 0 amide bonds. The average Bonchev–Trinajstić information content (AvgIpc) is 2.15. The zero-order valence-corrected chi connectivity index (χ0v) is 9.75. The van der Waals surface area contributed by atoms with Gasteiger partial charge in [0, 0.05) is 6.08 Å². The second kappa shape index (κ2) is 6.19. The Labute approximate surface area is 96.7 Å². The number of carbonyl (C=O) groups excluding carboxylic acids is 1. The molecule has 17 heavy (non-hydrogen) atoms. The van der Waals surface area contributed by atoms with E-state index in [0.29, 0.717) is 0 Å². The van der Waals surface area contributed by atoms with E-state index >= 15 is 0 Å². The minimum Gasteiger partial charge on any atom is -0.475 e. The fourth-order valence-electron chi connectivity index (χ4n) is 0.621. The van der Waals surface area contributed by atoms with Crippen LogP contribution in [0.4, 0.5) is 0 Å². The van der Waals surface area contributed by atoms with Crippen molar-refractivity contribution in [2.45, 2.75) is 13.2 Å². The van der Waals surface area contributed by atoms with Crippen LogP contribution in [0.25, 0.3) is 0 Å². The summed E-state index contributed by atoms with van der Waals surface area (Å²) in [5, 5.41) is 8.35. The van der Waals surface area contributed by atoms with Crippen molar-refractivity contribution in [3.8, 4) is 0 Å². The summed E-state index contributed by atoms with van der Waals surface area (Å²) < 4.78 is 24.0. The first kappa shape index (κ1) is 15.4. The highest BCUT2D eigenvalue weighted by Gasteiger charge is 2.29. The Morgan fingerprint density at radius 2 is 2.00 bits per heavy atom. The van der Waals surface area contributed by atoms with E-state index in [1.807, 2.05) is 0 Å².